The van der Waals surface area contributed by atoms with Crippen molar-refractivity contribution in [3.05, 3.63) is 72.3 Å². The summed E-state index contributed by atoms with van der Waals surface area (Å²) < 4.78 is 10.5. The number of ether oxygens (including phenoxy) is 2. The van der Waals surface area contributed by atoms with Gasteiger partial charge in [0.1, 0.15) is 6.61 Å². The molecule has 0 unspecified atom stereocenters. The van der Waals surface area contributed by atoms with Gasteiger partial charge in [0.05, 0.1) is 13.2 Å². The summed E-state index contributed by atoms with van der Waals surface area (Å²) in [7, 11) is 0. The van der Waals surface area contributed by atoms with Crippen molar-refractivity contribution >= 4 is 12.1 Å². The van der Waals surface area contributed by atoms with Crippen LogP contribution in [0.3, 0.4) is 0 Å². The van der Waals surface area contributed by atoms with E-state index in [1.165, 1.54) is 0 Å². The number of benzene rings is 2. The van der Waals surface area contributed by atoms with Crippen molar-refractivity contribution in [2.75, 3.05) is 19.8 Å². The molecule has 0 bridgehead atoms. The minimum atomic E-state index is -1.15. The van der Waals surface area contributed by atoms with Gasteiger partial charge in [0.25, 0.3) is 0 Å². The Labute approximate surface area is 176 Å². The predicted octanol–water partition coefficient (Wildman–Crippen LogP) is 3.79. The van der Waals surface area contributed by atoms with Crippen LogP contribution < -0.4 is 5.32 Å². The molecule has 0 aliphatic heterocycles. The number of rotatable bonds is 10. The van der Waals surface area contributed by atoms with Crippen LogP contribution >= 0.6 is 0 Å². The maximum absolute atomic E-state index is 12.2. The lowest BCUT2D eigenvalue weighted by molar-refractivity contribution is -0.147. The summed E-state index contributed by atoms with van der Waals surface area (Å²) in [5.41, 5.74) is 4.47. The number of allylic oxidation sites excluding steroid dienone is 1. The van der Waals surface area contributed by atoms with E-state index in [-0.39, 0.29) is 19.1 Å². The van der Waals surface area contributed by atoms with Crippen molar-refractivity contribution in [3.63, 3.8) is 0 Å². The van der Waals surface area contributed by atoms with Crippen LogP contribution in [0.4, 0.5) is 4.79 Å². The first-order valence-electron chi connectivity index (χ1n) is 10.2. The van der Waals surface area contributed by atoms with Gasteiger partial charge < -0.3 is 19.9 Å². The van der Waals surface area contributed by atoms with Gasteiger partial charge in [-0.05, 0) is 41.5 Å². The van der Waals surface area contributed by atoms with Crippen molar-refractivity contribution in [3.8, 4) is 11.1 Å². The normalized spacial score (nSPS) is 13.1. The van der Waals surface area contributed by atoms with E-state index < -0.39 is 24.7 Å². The fourth-order valence-electron chi connectivity index (χ4n) is 3.63. The third kappa shape index (κ3) is 5.07. The Kier molecular flexibility index (Phi) is 7.63. The van der Waals surface area contributed by atoms with Gasteiger partial charge in [-0.2, -0.15) is 0 Å². The number of hydrogen-bond donors (Lipinski definition) is 2. The zero-order valence-electron chi connectivity index (χ0n) is 16.9. The van der Waals surface area contributed by atoms with Crippen LogP contribution in [0.25, 0.3) is 11.1 Å². The van der Waals surface area contributed by atoms with Crippen molar-refractivity contribution in [1.82, 2.24) is 5.32 Å². The fraction of sp³-hybridized carbons (Fsp3) is 0.333. The minimum absolute atomic E-state index is 0.0764. The van der Waals surface area contributed by atoms with Crippen LogP contribution in [0.5, 0.6) is 0 Å². The largest absolute Gasteiger partial charge is 0.464 e. The number of carbonyl (C=O) groups is 2. The maximum Gasteiger partial charge on any atom is 0.407 e. The molecule has 2 aromatic carbocycles. The highest BCUT2D eigenvalue weighted by molar-refractivity contribution is 5.82. The Balaban J connectivity index is 1.54. The molecule has 6 heteroatoms. The van der Waals surface area contributed by atoms with E-state index in [9.17, 15) is 14.7 Å². The molecule has 1 atom stereocenters. The van der Waals surface area contributed by atoms with Crippen molar-refractivity contribution < 1.29 is 24.2 Å². The number of aliphatic hydroxyl groups excluding tert-OH is 1. The second kappa shape index (κ2) is 10.6. The Morgan fingerprint density at radius 1 is 1.03 bits per heavy atom. The average molecular weight is 409 g/mol. The first-order valence-corrected chi connectivity index (χ1v) is 10.2. The summed E-state index contributed by atoms with van der Waals surface area (Å²) in [6.07, 6.45) is 3.44. The lowest BCUT2D eigenvalue weighted by Crippen LogP contribution is -2.45. The van der Waals surface area contributed by atoms with Crippen molar-refractivity contribution in [2.45, 2.75) is 31.2 Å². The minimum Gasteiger partial charge on any atom is -0.464 e. The van der Waals surface area contributed by atoms with Gasteiger partial charge in [0.15, 0.2) is 6.04 Å². The molecule has 0 heterocycles. The smallest absolute Gasteiger partial charge is 0.407 e. The molecule has 0 aromatic heterocycles. The molecule has 3 rings (SSSR count). The van der Waals surface area contributed by atoms with Crippen LogP contribution in [0.15, 0.2) is 61.2 Å². The standard InChI is InChI=1S/C24H27NO5/c1-2-3-4-9-14-29-23(27)22(15-26)25-24(28)30-16-21-19-12-7-5-10-17(19)18-11-6-8-13-20(18)21/h2,5-8,10-13,21-22,26H,1,3-4,9,14-16H2,(H,25,28)/t22-/m0/s1. The number of hydrogen-bond acceptors (Lipinski definition) is 5. The molecule has 0 radical (unpaired) electrons. The number of esters is 1. The van der Waals surface area contributed by atoms with Crippen LogP contribution in [-0.4, -0.2) is 43.0 Å². The summed E-state index contributed by atoms with van der Waals surface area (Å²) in [5.74, 6) is -0.753. The molecule has 2 N–H and O–H groups in total. The SMILES string of the molecule is C=CCCCCOC(=O)[C@H](CO)NC(=O)OCC1c2ccccc2-c2ccccc21. The van der Waals surface area contributed by atoms with Crippen LogP contribution in [0, 0.1) is 0 Å². The van der Waals surface area contributed by atoms with Gasteiger partial charge in [-0.3, -0.25) is 0 Å². The Bertz CT molecular complexity index is 849. The van der Waals surface area contributed by atoms with E-state index in [1.54, 1.807) is 6.08 Å². The summed E-state index contributed by atoms with van der Waals surface area (Å²) in [5, 5.41) is 11.8. The topological polar surface area (TPSA) is 84.9 Å². The van der Waals surface area contributed by atoms with Crippen molar-refractivity contribution in [2.24, 2.45) is 0 Å². The van der Waals surface area contributed by atoms with Gasteiger partial charge >= 0.3 is 12.1 Å². The molecule has 1 amide bonds. The van der Waals surface area contributed by atoms with Gasteiger partial charge in [0.2, 0.25) is 0 Å². The summed E-state index contributed by atoms with van der Waals surface area (Å²) in [6, 6.07) is 14.9. The third-order valence-electron chi connectivity index (χ3n) is 5.15. The molecular weight excluding hydrogens is 382 g/mol. The zero-order chi connectivity index (χ0) is 21.3. The van der Waals surface area contributed by atoms with E-state index in [0.29, 0.717) is 6.42 Å². The molecule has 0 saturated carbocycles. The molecule has 6 nitrogen and oxygen atoms in total. The number of carbonyl (C=O) groups excluding carboxylic acids is 2. The third-order valence-corrected chi connectivity index (χ3v) is 5.15. The first-order chi connectivity index (χ1) is 14.7. The monoisotopic (exact) mass is 409 g/mol. The van der Waals surface area contributed by atoms with Crippen LogP contribution in [0.2, 0.25) is 0 Å². The summed E-state index contributed by atoms with van der Waals surface area (Å²) >= 11 is 0. The first kappa shape index (κ1) is 21.6. The summed E-state index contributed by atoms with van der Waals surface area (Å²) in [4.78, 5) is 24.3. The molecule has 1 aliphatic carbocycles. The molecule has 0 fully saturated rings. The molecule has 1 aliphatic rings. The van der Waals surface area contributed by atoms with E-state index in [1.807, 2.05) is 36.4 Å². The molecule has 2 aromatic rings. The molecule has 0 spiro atoms. The second-order valence-corrected chi connectivity index (χ2v) is 7.16. The number of aliphatic hydroxyl groups is 1. The zero-order valence-corrected chi connectivity index (χ0v) is 16.9. The molecular formula is C24H27NO5. The van der Waals surface area contributed by atoms with Gasteiger partial charge in [-0.1, -0.05) is 54.6 Å². The maximum atomic E-state index is 12.2. The number of unbranched alkanes of at least 4 members (excludes halogenated alkanes) is 2. The number of nitrogens with one attached hydrogen (secondary N) is 1. The number of fused-ring (bicyclic) bond motifs is 3. The average Bonchev–Trinajstić information content (AvgIpc) is 3.09. The highest BCUT2D eigenvalue weighted by atomic mass is 16.6. The number of alkyl carbamates (subject to hydrolysis) is 1. The Morgan fingerprint density at radius 3 is 2.27 bits per heavy atom. The predicted molar refractivity (Wildman–Crippen MR) is 114 cm³/mol. The van der Waals surface area contributed by atoms with E-state index >= 15 is 0 Å². The fourth-order valence-corrected chi connectivity index (χ4v) is 3.63. The van der Waals surface area contributed by atoms with E-state index in [0.717, 1.165) is 35.1 Å². The van der Waals surface area contributed by atoms with Crippen LogP contribution in [-0.2, 0) is 14.3 Å². The van der Waals surface area contributed by atoms with Crippen molar-refractivity contribution in [1.29, 1.82) is 0 Å². The molecule has 0 saturated heterocycles. The Hall–Kier alpha value is -3.12. The van der Waals surface area contributed by atoms with Gasteiger partial charge in [0, 0.05) is 5.92 Å². The quantitative estimate of drug-likeness (QED) is 0.354. The lowest BCUT2D eigenvalue weighted by Gasteiger charge is -2.18. The molecule has 30 heavy (non-hydrogen) atoms. The number of amides is 1. The lowest BCUT2D eigenvalue weighted by atomic mass is 9.98. The van der Waals surface area contributed by atoms with Crippen LogP contribution in [0.1, 0.15) is 36.3 Å². The van der Waals surface area contributed by atoms with E-state index in [2.05, 4.69) is 24.0 Å². The van der Waals surface area contributed by atoms with Gasteiger partial charge in [-0.25, -0.2) is 9.59 Å². The van der Waals surface area contributed by atoms with Gasteiger partial charge in [-0.15, -0.1) is 6.58 Å². The highest BCUT2D eigenvalue weighted by Gasteiger charge is 2.29. The summed E-state index contributed by atoms with van der Waals surface area (Å²) in [6.45, 7) is 3.44. The second-order valence-electron chi connectivity index (χ2n) is 7.16. The Morgan fingerprint density at radius 2 is 1.67 bits per heavy atom. The highest BCUT2D eigenvalue weighted by Crippen LogP contribution is 2.44. The van der Waals surface area contributed by atoms with E-state index in [4.69, 9.17) is 9.47 Å². The molecule has 158 valence electrons.